The lowest BCUT2D eigenvalue weighted by Gasteiger charge is -2.06. The molecule has 0 aliphatic heterocycles. The summed E-state index contributed by atoms with van der Waals surface area (Å²) < 4.78 is 15.4. The predicted molar refractivity (Wildman–Crippen MR) is 68.5 cm³/mol. The SMILES string of the molecule is CCCOCCOCc1cccc(C(=O)OC)c1. The summed E-state index contributed by atoms with van der Waals surface area (Å²) in [6.07, 6.45) is 1.02. The van der Waals surface area contributed by atoms with E-state index >= 15 is 0 Å². The fourth-order valence-electron chi connectivity index (χ4n) is 1.46. The lowest BCUT2D eigenvalue weighted by Crippen LogP contribution is -2.06. The van der Waals surface area contributed by atoms with Gasteiger partial charge in [0.2, 0.25) is 0 Å². The van der Waals surface area contributed by atoms with Crippen molar-refractivity contribution in [2.75, 3.05) is 26.9 Å². The molecule has 0 N–H and O–H groups in total. The Kier molecular flexibility index (Phi) is 7.06. The van der Waals surface area contributed by atoms with E-state index in [0.717, 1.165) is 18.6 Å². The van der Waals surface area contributed by atoms with Crippen LogP contribution in [0.3, 0.4) is 0 Å². The first-order chi connectivity index (χ1) is 8.77. The van der Waals surface area contributed by atoms with Gasteiger partial charge in [0.05, 0.1) is 32.5 Å². The topological polar surface area (TPSA) is 44.8 Å². The van der Waals surface area contributed by atoms with E-state index in [1.807, 2.05) is 12.1 Å². The molecule has 0 heterocycles. The van der Waals surface area contributed by atoms with Gasteiger partial charge in [-0.3, -0.25) is 0 Å². The molecule has 0 aliphatic carbocycles. The Morgan fingerprint density at radius 3 is 2.67 bits per heavy atom. The molecule has 1 aromatic rings. The summed E-state index contributed by atoms with van der Waals surface area (Å²) in [4.78, 5) is 11.3. The second-order valence-corrected chi connectivity index (χ2v) is 3.86. The minimum atomic E-state index is -0.330. The van der Waals surface area contributed by atoms with Crippen LogP contribution in [0.5, 0.6) is 0 Å². The standard InChI is InChI=1S/C14H20O4/c1-3-7-17-8-9-18-11-12-5-4-6-13(10-12)14(15)16-2/h4-6,10H,3,7-9,11H2,1-2H3. The number of carbonyl (C=O) groups is 1. The van der Waals surface area contributed by atoms with Gasteiger partial charge < -0.3 is 14.2 Å². The van der Waals surface area contributed by atoms with E-state index in [9.17, 15) is 4.79 Å². The maximum Gasteiger partial charge on any atom is 0.337 e. The Labute approximate surface area is 108 Å². The van der Waals surface area contributed by atoms with Crippen molar-refractivity contribution in [3.63, 3.8) is 0 Å². The number of carbonyl (C=O) groups excluding carboxylic acids is 1. The van der Waals surface area contributed by atoms with Crippen LogP contribution in [0.1, 0.15) is 29.3 Å². The van der Waals surface area contributed by atoms with Gasteiger partial charge in [-0.25, -0.2) is 4.79 Å². The van der Waals surface area contributed by atoms with Crippen molar-refractivity contribution in [2.24, 2.45) is 0 Å². The zero-order chi connectivity index (χ0) is 13.2. The van der Waals surface area contributed by atoms with Gasteiger partial charge in [0.25, 0.3) is 0 Å². The molecule has 100 valence electrons. The molecular weight excluding hydrogens is 232 g/mol. The summed E-state index contributed by atoms with van der Waals surface area (Å²) in [5.41, 5.74) is 1.49. The van der Waals surface area contributed by atoms with Gasteiger partial charge in [-0.15, -0.1) is 0 Å². The molecule has 0 aliphatic rings. The maximum atomic E-state index is 11.3. The first-order valence-corrected chi connectivity index (χ1v) is 6.10. The fourth-order valence-corrected chi connectivity index (χ4v) is 1.46. The third-order valence-electron chi connectivity index (χ3n) is 2.34. The highest BCUT2D eigenvalue weighted by Crippen LogP contribution is 2.07. The molecule has 0 unspecified atom stereocenters. The zero-order valence-electron chi connectivity index (χ0n) is 11.0. The third-order valence-corrected chi connectivity index (χ3v) is 2.34. The van der Waals surface area contributed by atoms with Gasteiger partial charge in [0, 0.05) is 6.61 Å². The average molecular weight is 252 g/mol. The van der Waals surface area contributed by atoms with Crippen LogP contribution in [0.15, 0.2) is 24.3 Å². The van der Waals surface area contributed by atoms with Crippen LogP contribution in [-0.2, 0) is 20.8 Å². The molecule has 0 aromatic heterocycles. The van der Waals surface area contributed by atoms with E-state index in [2.05, 4.69) is 11.7 Å². The Balaban J connectivity index is 2.32. The molecule has 0 atom stereocenters. The van der Waals surface area contributed by atoms with Crippen molar-refractivity contribution in [1.82, 2.24) is 0 Å². The van der Waals surface area contributed by atoms with Crippen molar-refractivity contribution < 1.29 is 19.0 Å². The van der Waals surface area contributed by atoms with E-state index in [1.54, 1.807) is 12.1 Å². The summed E-state index contributed by atoms with van der Waals surface area (Å²) in [7, 11) is 1.37. The quantitative estimate of drug-likeness (QED) is 0.526. The third kappa shape index (κ3) is 5.29. The molecular formula is C14H20O4. The highest BCUT2D eigenvalue weighted by molar-refractivity contribution is 5.89. The molecule has 0 radical (unpaired) electrons. The van der Waals surface area contributed by atoms with Crippen LogP contribution in [0, 0.1) is 0 Å². The number of hydrogen-bond acceptors (Lipinski definition) is 4. The molecule has 0 amide bonds. The second kappa shape index (κ2) is 8.66. The Bertz CT molecular complexity index is 363. The van der Waals surface area contributed by atoms with Gasteiger partial charge in [-0.1, -0.05) is 19.1 Å². The summed E-state index contributed by atoms with van der Waals surface area (Å²) in [6.45, 7) is 4.47. The number of hydrogen-bond donors (Lipinski definition) is 0. The summed E-state index contributed by atoms with van der Waals surface area (Å²) in [5, 5.41) is 0. The van der Waals surface area contributed by atoms with Crippen LogP contribution < -0.4 is 0 Å². The average Bonchev–Trinajstić information content (AvgIpc) is 2.42. The van der Waals surface area contributed by atoms with E-state index < -0.39 is 0 Å². The molecule has 1 rings (SSSR count). The molecule has 0 saturated heterocycles. The van der Waals surface area contributed by atoms with Crippen LogP contribution in [0.4, 0.5) is 0 Å². The first-order valence-electron chi connectivity index (χ1n) is 6.10. The van der Waals surface area contributed by atoms with Gasteiger partial charge in [0.1, 0.15) is 0 Å². The molecule has 0 spiro atoms. The van der Waals surface area contributed by atoms with Crippen molar-refractivity contribution >= 4 is 5.97 Å². The lowest BCUT2D eigenvalue weighted by molar-refractivity contribution is 0.0407. The fraction of sp³-hybridized carbons (Fsp3) is 0.500. The molecule has 4 nitrogen and oxygen atoms in total. The van der Waals surface area contributed by atoms with Crippen LogP contribution in [0.25, 0.3) is 0 Å². The normalized spacial score (nSPS) is 10.3. The number of esters is 1. The highest BCUT2D eigenvalue weighted by Gasteiger charge is 2.05. The Morgan fingerprint density at radius 1 is 1.17 bits per heavy atom. The van der Waals surface area contributed by atoms with E-state index in [4.69, 9.17) is 9.47 Å². The maximum absolute atomic E-state index is 11.3. The highest BCUT2D eigenvalue weighted by atomic mass is 16.5. The second-order valence-electron chi connectivity index (χ2n) is 3.86. The number of benzene rings is 1. The number of ether oxygens (including phenoxy) is 3. The Hall–Kier alpha value is -1.39. The van der Waals surface area contributed by atoms with Gasteiger partial charge in [-0.05, 0) is 24.1 Å². The summed E-state index contributed by atoms with van der Waals surface area (Å²) in [5.74, 6) is -0.330. The first kappa shape index (κ1) is 14.7. The molecule has 0 fully saturated rings. The largest absolute Gasteiger partial charge is 0.465 e. The van der Waals surface area contributed by atoms with Crippen molar-refractivity contribution in [2.45, 2.75) is 20.0 Å². The zero-order valence-corrected chi connectivity index (χ0v) is 11.0. The summed E-state index contributed by atoms with van der Waals surface area (Å²) in [6, 6.07) is 7.23. The molecule has 4 heteroatoms. The predicted octanol–water partition coefficient (Wildman–Crippen LogP) is 2.42. The monoisotopic (exact) mass is 252 g/mol. The number of methoxy groups -OCH3 is 1. The molecule has 1 aromatic carbocycles. The van der Waals surface area contributed by atoms with Crippen molar-refractivity contribution in [3.05, 3.63) is 35.4 Å². The summed E-state index contributed by atoms with van der Waals surface area (Å²) >= 11 is 0. The van der Waals surface area contributed by atoms with Gasteiger partial charge in [-0.2, -0.15) is 0 Å². The van der Waals surface area contributed by atoms with Crippen LogP contribution in [0.2, 0.25) is 0 Å². The minimum absolute atomic E-state index is 0.330. The van der Waals surface area contributed by atoms with E-state index in [0.29, 0.717) is 25.4 Å². The molecule has 0 bridgehead atoms. The van der Waals surface area contributed by atoms with E-state index in [-0.39, 0.29) is 5.97 Å². The van der Waals surface area contributed by atoms with Crippen molar-refractivity contribution in [1.29, 1.82) is 0 Å². The van der Waals surface area contributed by atoms with Gasteiger partial charge >= 0.3 is 5.97 Å². The van der Waals surface area contributed by atoms with Gasteiger partial charge in [0.15, 0.2) is 0 Å². The number of rotatable bonds is 8. The van der Waals surface area contributed by atoms with Crippen LogP contribution >= 0.6 is 0 Å². The van der Waals surface area contributed by atoms with Crippen molar-refractivity contribution in [3.8, 4) is 0 Å². The molecule has 0 saturated carbocycles. The van der Waals surface area contributed by atoms with Crippen LogP contribution in [-0.4, -0.2) is 32.9 Å². The smallest absolute Gasteiger partial charge is 0.337 e. The van der Waals surface area contributed by atoms with E-state index in [1.165, 1.54) is 7.11 Å². The molecule has 18 heavy (non-hydrogen) atoms. The minimum Gasteiger partial charge on any atom is -0.465 e. The lowest BCUT2D eigenvalue weighted by atomic mass is 10.1. The Morgan fingerprint density at radius 2 is 1.94 bits per heavy atom.